The van der Waals surface area contributed by atoms with Gasteiger partial charge in [-0.2, -0.15) is 0 Å². The molecule has 0 radical (unpaired) electrons. The second-order valence-corrected chi connectivity index (χ2v) is 5.22. The van der Waals surface area contributed by atoms with Gasteiger partial charge in [-0.15, -0.1) is 0 Å². The highest BCUT2D eigenvalue weighted by molar-refractivity contribution is 9.08. The third-order valence-electron chi connectivity index (χ3n) is 0.997. The van der Waals surface area contributed by atoms with Gasteiger partial charge in [0.2, 0.25) is 0 Å². The highest BCUT2D eigenvalue weighted by atomic mass is 33.5. The highest BCUT2D eigenvalue weighted by Crippen LogP contribution is 2.38. The summed E-state index contributed by atoms with van der Waals surface area (Å²) in [5, 5.41) is 8.91. The van der Waals surface area contributed by atoms with Crippen LogP contribution in [0.4, 0.5) is 0 Å². The van der Waals surface area contributed by atoms with E-state index in [1.807, 2.05) is 0 Å². The first kappa shape index (κ1) is 9.12. The summed E-state index contributed by atoms with van der Waals surface area (Å²) in [6, 6.07) is 6.82. The van der Waals surface area contributed by atoms with Crippen LogP contribution in [0.25, 0.3) is 0 Å². The van der Waals surface area contributed by atoms with E-state index in [1.54, 1.807) is 24.3 Å². The molecule has 2 nitrogen and oxygen atoms in total. The molecule has 0 amide bonds. The second-order valence-electron chi connectivity index (χ2n) is 1.72. The van der Waals surface area contributed by atoms with Crippen molar-refractivity contribution < 1.29 is 9.66 Å². The van der Waals surface area contributed by atoms with Gasteiger partial charge in [-0.1, -0.05) is 0 Å². The number of aromatic hydroxyl groups is 1. The molecule has 0 aliphatic heterocycles. The van der Waals surface area contributed by atoms with Crippen molar-refractivity contribution in [1.29, 1.82) is 0 Å². The number of phenolic OH excluding ortho intramolecular Hbond substituents is 1. The average molecular weight is 206 g/mol. The number of hydrogen-bond acceptors (Lipinski definition) is 5. The van der Waals surface area contributed by atoms with Crippen molar-refractivity contribution in [2.75, 3.05) is 0 Å². The second kappa shape index (κ2) is 4.82. The molecular weight excluding hydrogens is 200 g/mol. The van der Waals surface area contributed by atoms with E-state index in [-0.39, 0.29) is 5.75 Å². The molecule has 0 aliphatic rings. The first-order valence-electron chi connectivity index (χ1n) is 2.77. The van der Waals surface area contributed by atoms with Crippen LogP contribution in [0.5, 0.6) is 5.75 Å². The Balaban J connectivity index is 2.52. The fourth-order valence-electron chi connectivity index (χ4n) is 0.556. The van der Waals surface area contributed by atoms with E-state index in [2.05, 4.69) is 0 Å². The predicted molar refractivity (Wildman–Crippen MR) is 51.8 cm³/mol. The van der Waals surface area contributed by atoms with Gasteiger partial charge in [-0.3, -0.25) is 0 Å². The standard InChI is InChI=1S/C6H6O2S3/c7-5-1-3-6(4-2-5)9-11-10-8/h1-4,7-8H. The van der Waals surface area contributed by atoms with Gasteiger partial charge in [0.1, 0.15) is 5.75 Å². The molecule has 11 heavy (non-hydrogen) atoms. The first-order valence-corrected chi connectivity index (χ1v) is 6.21. The van der Waals surface area contributed by atoms with Gasteiger partial charge in [-0.05, 0) is 35.1 Å². The smallest absolute Gasteiger partial charge is 0.115 e. The van der Waals surface area contributed by atoms with Crippen LogP contribution in [0.3, 0.4) is 0 Å². The Morgan fingerprint density at radius 3 is 2.27 bits per heavy atom. The summed E-state index contributed by atoms with van der Waals surface area (Å²) in [4.78, 5) is 1.01. The lowest BCUT2D eigenvalue weighted by molar-refractivity contribution is 0.475. The van der Waals surface area contributed by atoms with Crippen molar-refractivity contribution in [3.8, 4) is 5.75 Å². The SMILES string of the molecule is OSSSc1ccc(O)cc1. The van der Waals surface area contributed by atoms with Crippen molar-refractivity contribution in [1.82, 2.24) is 0 Å². The molecule has 0 spiro atoms. The van der Waals surface area contributed by atoms with E-state index in [0.717, 1.165) is 16.0 Å². The van der Waals surface area contributed by atoms with Crippen molar-refractivity contribution in [3.05, 3.63) is 24.3 Å². The van der Waals surface area contributed by atoms with Gasteiger partial charge in [0, 0.05) is 14.7 Å². The highest BCUT2D eigenvalue weighted by Gasteiger charge is 1.93. The van der Waals surface area contributed by atoms with E-state index in [1.165, 1.54) is 20.6 Å². The zero-order valence-corrected chi connectivity index (χ0v) is 7.88. The third kappa shape index (κ3) is 3.29. The molecule has 0 saturated heterocycles. The van der Waals surface area contributed by atoms with Crippen LogP contribution in [0.2, 0.25) is 0 Å². The van der Waals surface area contributed by atoms with Crippen LogP contribution in [-0.2, 0) is 0 Å². The topological polar surface area (TPSA) is 40.5 Å². The summed E-state index contributed by atoms with van der Waals surface area (Å²) >= 11 is 0.718. The summed E-state index contributed by atoms with van der Waals surface area (Å²) in [6.45, 7) is 0. The molecule has 0 fully saturated rings. The van der Waals surface area contributed by atoms with Gasteiger partial charge in [-0.25, -0.2) is 0 Å². The summed E-state index contributed by atoms with van der Waals surface area (Å²) in [5.41, 5.74) is 0. The van der Waals surface area contributed by atoms with Crippen molar-refractivity contribution >= 4 is 31.7 Å². The van der Waals surface area contributed by atoms with Crippen molar-refractivity contribution in [2.24, 2.45) is 0 Å². The Morgan fingerprint density at radius 1 is 1.09 bits per heavy atom. The Bertz CT molecular complexity index is 212. The maximum Gasteiger partial charge on any atom is 0.115 e. The minimum absolute atomic E-state index is 0.260. The molecule has 0 bridgehead atoms. The minimum atomic E-state index is 0.260. The Labute approximate surface area is 76.4 Å². The monoisotopic (exact) mass is 206 g/mol. The number of phenols is 1. The van der Waals surface area contributed by atoms with Gasteiger partial charge in [0.25, 0.3) is 0 Å². The first-order chi connectivity index (χ1) is 5.33. The molecule has 1 aromatic carbocycles. The van der Waals surface area contributed by atoms with Crippen LogP contribution in [0.15, 0.2) is 29.2 Å². The van der Waals surface area contributed by atoms with E-state index in [0.29, 0.717) is 0 Å². The molecule has 0 atom stereocenters. The van der Waals surface area contributed by atoms with Crippen molar-refractivity contribution in [3.63, 3.8) is 0 Å². The Hall–Kier alpha value is 0.0300. The van der Waals surface area contributed by atoms with Crippen LogP contribution in [0, 0.1) is 0 Å². The number of rotatable bonds is 3. The lowest BCUT2D eigenvalue weighted by Crippen LogP contribution is -1.65. The van der Waals surface area contributed by atoms with Crippen LogP contribution >= 0.6 is 31.7 Å². The zero-order valence-electron chi connectivity index (χ0n) is 5.43. The quantitative estimate of drug-likeness (QED) is 0.587. The normalized spacial score (nSPS) is 9.91. The van der Waals surface area contributed by atoms with Crippen LogP contribution in [0.1, 0.15) is 0 Å². The lowest BCUT2D eigenvalue weighted by Gasteiger charge is -1.96. The largest absolute Gasteiger partial charge is 0.508 e. The molecule has 0 aliphatic carbocycles. The fraction of sp³-hybridized carbons (Fsp3) is 0. The lowest BCUT2D eigenvalue weighted by atomic mass is 10.3. The number of hydrogen-bond donors (Lipinski definition) is 2. The summed E-state index contributed by atoms with van der Waals surface area (Å²) in [5.74, 6) is 0.260. The maximum atomic E-state index is 8.91. The molecule has 5 heteroatoms. The molecule has 60 valence electrons. The van der Waals surface area contributed by atoms with E-state index in [9.17, 15) is 0 Å². The van der Waals surface area contributed by atoms with Crippen LogP contribution in [-0.4, -0.2) is 9.66 Å². The van der Waals surface area contributed by atoms with Gasteiger partial charge >= 0.3 is 0 Å². The van der Waals surface area contributed by atoms with Gasteiger partial charge in [0.05, 0.1) is 11.1 Å². The Kier molecular flexibility index (Phi) is 3.99. The summed E-state index contributed by atoms with van der Waals surface area (Å²) in [6.07, 6.45) is 0. The third-order valence-corrected chi connectivity index (χ3v) is 3.72. The van der Waals surface area contributed by atoms with E-state index < -0.39 is 0 Å². The molecule has 0 heterocycles. The predicted octanol–water partition coefficient (Wildman–Crippen LogP) is 3.25. The molecule has 2 N–H and O–H groups in total. The fourth-order valence-corrected chi connectivity index (χ4v) is 2.55. The summed E-state index contributed by atoms with van der Waals surface area (Å²) in [7, 11) is 2.72. The van der Waals surface area contributed by atoms with E-state index >= 15 is 0 Å². The van der Waals surface area contributed by atoms with Crippen LogP contribution < -0.4 is 0 Å². The average Bonchev–Trinajstić information content (AvgIpc) is 2.04. The molecule has 1 rings (SSSR count). The molecule has 0 unspecified atom stereocenters. The number of benzene rings is 1. The minimum Gasteiger partial charge on any atom is -0.508 e. The van der Waals surface area contributed by atoms with Gasteiger partial charge < -0.3 is 9.66 Å². The van der Waals surface area contributed by atoms with Gasteiger partial charge in [0.15, 0.2) is 0 Å². The molecule has 0 saturated carbocycles. The van der Waals surface area contributed by atoms with Crippen molar-refractivity contribution in [2.45, 2.75) is 4.90 Å². The zero-order chi connectivity index (χ0) is 8.10. The molecule has 1 aromatic rings. The Morgan fingerprint density at radius 2 is 1.73 bits per heavy atom. The maximum absolute atomic E-state index is 8.91. The molecule has 0 aromatic heterocycles. The summed E-state index contributed by atoms with van der Waals surface area (Å²) < 4.78 is 8.39. The molecular formula is C6H6O2S3. The van der Waals surface area contributed by atoms with E-state index in [4.69, 9.17) is 9.66 Å².